The SMILES string of the molecule is CCO[C@@](C)(C(=O)Nc1ccc(OCCOC)c(Cl)c1)C1CC1. The lowest BCUT2D eigenvalue weighted by Gasteiger charge is -2.28. The molecule has 5 nitrogen and oxygen atoms in total. The van der Waals surface area contributed by atoms with Crippen molar-refractivity contribution >= 4 is 23.2 Å². The second-order valence-corrected chi connectivity index (χ2v) is 6.16. The van der Waals surface area contributed by atoms with Gasteiger partial charge in [-0.05, 0) is 50.8 Å². The van der Waals surface area contributed by atoms with Gasteiger partial charge in [0, 0.05) is 19.4 Å². The molecule has 1 aromatic carbocycles. The first kappa shape index (κ1) is 18.0. The van der Waals surface area contributed by atoms with Crippen molar-refractivity contribution in [2.75, 3.05) is 32.2 Å². The highest BCUT2D eigenvalue weighted by molar-refractivity contribution is 6.32. The molecule has 1 N–H and O–H groups in total. The van der Waals surface area contributed by atoms with Gasteiger partial charge < -0.3 is 19.5 Å². The lowest BCUT2D eigenvalue weighted by atomic mass is 9.99. The van der Waals surface area contributed by atoms with Gasteiger partial charge in [0.2, 0.25) is 0 Å². The molecule has 0 saturated heterocycles. The van der Waals surface area contributed by atoms with Crippen LogP contribution in [-0.4, -0.2) is 38.4 Å². The van der Waals surface area contributed by atoms with E-state index in [-0.39, 0.29) is 11.8 Å². The second kappa shape index (κ2) is 7.99. The fourth-order valence-electron chi connectivity index (χ4n) is 2.49. The molecule has 0 aliphatic heterocycles. The van der Waals surface area contributed by atoms with E-state index in [4.69, 9.17) is 25.8 Å². The third-order valence-corrected chi connectivity index (χ3v) is 4.28. The molecule has 2 rings (SSSR count). The zero-order valence-corrected chi connectivity index (χ0v) is 14.6. The van der Waals surface area contributed by atoms with Crippen LogP contribution in [0.3, 0.4) is 0 Å². The van der Waals surface area contributed by atoms with Gasteiger partial charge in [-0.3, -0.25) is 4.79 Å². The summed E-state index contributed by atoms with van der Waals surface area (Å²) < 4.78 is 16.1. The van der Waals surface area contributed by atoms with Crippen LogP contribution in [0, 0.1) is 5.92 Å². The van der Waals surface area contributed by atoms with Crippen LogP contribution in [0.25, 0.3) is 0 Å². The number of carbonyl (C=O) groups is 1. The molecule has 23 heavy (non-hydrogen) atoms. The van der Waals surface area contributed by atoms with E-state index in [1.165, 1.54) is 0 Å². The van der Waals surface area contributed by atoms with E-state index in [0.717, 1.165) is 12.8 Å². The summed E-state index contributed by atoms with van der Waals surface area (Å²) in [6.07, 6.45) is 2.05. The number of rotatable bonds is 9. The zero-order valence-electron chi connectivity index (χ0n) is 13.9. The molecule has 0 radical (unpaired) electrons. The first-order valence-electron chi connectivity index (χ1n) is 7.88. The van der Waals surface area contributed by atoms with Gasteiger partial charge in [-0.15, -0.1) is 0 Å². The van der Waals surface area contributed by atoms with Crippen molar-refractivity contribution < 1.29 is 19.0 Å². The first-order chi connectivity index (χ1) is 11.0. The fourth-order valence-corrected chi connectivity index (χ4v) is 2.72. The fraction of sp³-hybridized carbons (Fsp3) is 0.588. The van der Waals surface area contributed by atoms with Crippen molar-refractivity contribution in [3.05, 3.63) is 23.2 Å². The van der Waals surface area contributed by atoms with Gasteiger partial charge in [0.05, 0.1) is 11.6 Å². The second-order valence-electron chi connectivity index (χ2n) is 5.75. The summed E-state index contributed by atoms with van der Waals surface area (Å²) in [6.45, 7) is 5.17. The number of hydrogen-bond acceptors (Lipinski definition) is 4. The van der Waals surface area contributed by atoms with Gasteiger partial charge in [-0.2, -0.15) is 0 Å². The minimum Gasteiger partial charge on any atom is -0.490 e. The number of methoxy groups -OCH3 is 1. The quantitative estimate of drug-likeness (QED) is 0.698. The standard InChI is InChI=1S/C17H24ClNO4/c1-4-23-17(2,12-5-6-12)16(20)19-13-7-8-15(14(18)11-13)22-10-9-21-3/h7-8,11-12H,4-6,9-10H2,1-3H3,(H,19,20)/t17-/m1/s1. The van der Waals surface area contributed by atoms with Crippen molar-refractivity contribution in [3.8, 4) is 5.75 Å². The Morgan fingerprint density at radius 1 is 1.39 bits per heavy atom. The summed E-state index contributed by atoms with van der Waals surface area (Å²) in [4.78, 5) is 12.6. The number of ether oxygens (including phenoxy) is 3. The van der Waals surface area contributed by atoms with E-state index in [1.807, 2.05) is 13.8 Å². The smallest absolute Gasteiger partial charge is 0.256 e. The maximum absolute atomic E-state index is 12.6. The molecular weight excluding hydrogens is 318 g/mol. The third kappa shape index (κ3) is 4.59. The normalized spacial score (nSPS) is 16.7. The highest BCUT2D eigenvalue weighted by Gasteiger charge is 2.48. The molecule has 1 aromatic rings. The number of amides is 1. The van der Waals surface area contributed by atoms with E-state index < -0.39 is 5.60 Å². The molecule has 0 heterocycles. The maximum atomic E-state index is 12.6. The topological polar surface area (TPSA) is 56.8 Å². The van der Waals surface area contributed by atoms with Crippen LogP contribution in [0.4, 0.5) is 5.69 Å². The van der Waals surface area contributed by atoms with Gasteiger partial charge >= 0.3 is 0 Å². The minimum absolute atomic E-state index is 0.133. The molecule has 1 atom stereocenters. The van der Waals surface area contributed by atoms with Gasteiger partial charge in [-0.1, -0.05) is 11.6 Å². The zero-order chi connectivity index (χ0) is 16.9. The van der Waals surface area contributed by atoms with E-state index >= 15 is 0 Å². The predicted octanol–water partition coefficient (Wildman–Crippen LogP) is 3.51. The van der Waals surface area contributed by atoms with Gasteiger partial charge in [0.15, 0.2) is 0 Å². The molecule has 0 spiro atoms. The average Bonchev–Trinajstić information content (AvgIpc) is 3.35. The van der Waals surface area contributed by atoms with Crippen LogP contribution in [-0.2, 0) is 14.3 Å². The number of benzene rings is 1. The molecule has 1 fully saturated rings. The Morgan fingerprint density at radius 3 is 2.70 bits per heavy atom. The van der Waals surface area contributed by atoms with Crippen molar-refractivity contribution in [1.82, 2.24) is 0 Å². The van der Waals surface area contributed by atoms with E-state index in [1.54, 1.807) is 25.3 Å². The largest absolute Gasteiger partial charge is 0.490 e. The Bertz CT molecular complexity index is 547. The molecule has 0 unspecified atom stereocenters. The molecular formula is C17H24ClNO4. The summed E-state index contributed by atoms with van der Waals surface area (Å²) in [7, 11) is 1.61. The molecule has 128 valence electrons. The predicted molar refractivity (Wildman–Crippen MR) is 90.2 cm³/mol. The highest BCUT2D eigenvalue weighted by atomic mass is 35.5. The molecule has 1 saturated carbocycles. The van der Waals surface area contributed by atoms with Crippen molar-refractivity contribution in [3.63, 3.8) is 0 Å². The Morgan fingerprint density at radius 2 is 2.13 bits per heavy atom. The van der Waals surface area contributed by atoms with Crippen LogP contribution >= 0.6 is 11.6 Å². The molecule has 1 aliphatic carbocycles. The number of nitrogens with one attached hydrogen (secondary N) is 1. The highest BCUT2D eigenvalue weighted by Crippen LogP contribution is 2.42. The summed E-state index contributed by atoms with van der Waals surface area (Å²) in [5, 5.41) is 3.34. The summed E-state index contributed by atoms with van der Waals surface area (Å²) in [5.41, 5.74) is -0.153. The Kier molecular flexibility index (Phi) is 6.27. The van der Waals surface area contributed by atoms with Crippen LogP contribution in [0.2, 0.25) is 5.02 Å². The van der Waals surface area contributed by atoms with Crippen molar-refractivity contribution in [1.29, 1.82) is 0 Å². The van der Waals surface area contributed by atoms with Crippen molar-refractivity contribution in [2.24, 2.45) is 5.92 Å². The van der Waals surface area contributed by atoms with Gasteiger partial charge in [-0.25, -0.2) is 0 Å². The molecule has 1 amide bonds. The minimum atomic E-state index is -0.783. The van der Waals surface area contributed by atoms with E-state index in [0.29, 0.717) is 36.3 Å². The average molecular weight is 342 g/mol. The summed E-state index contributed by atoms with van der Waals surface area (Å²) in [5.74, 6) is 0.719. The third-order valence-electron chi connectivity index (χ3n) is 3.99. The Balaban J connectivity index is 2.01. The van der Waals surface area contributed by atoms with Crippen LogP contribution in [0.15, 0.2) is 18.2 Å². The molecule has 0 bridgehead atoms. The monoisotopic (exact) mass is 341 g/mol. The molecule has 0 aromatic heterocycles. The molecule has 6 heteroatoms. The van der Waals surface area contributed by atoms with Crippen LogP contribution < -0.4 is 10.1 Å². The van der Waals surface area contributed by atoms with E-state index in [9.17, 15) is 4.79 Å². The van der Waals surface area contributed by atoms with Crippen LogP contribution in [0.1, 0.15) is 26.7 Å². The number of anilines is 1. The Hall–Kier alpha value is -1.30. The number of halogens is 1. The van der Waals surface area contributed by atoms with E-state index in [2.05, 4.69) is 5.32 Å². The summed E-state index contributed by atoms with van der Waals surface area (Å²) >= 11 is 6.19. The summed E-state index contributed by atoms with van der Waals surface area (Å²) in [6, 6.07) is 5.19. The number of hydrogen-bond donors (Lipinski definition) is 1. The van der Waals surface area contributed by atoms with Gasteiger partial charge in [0.25, 0.3) is 5.91 Å². The maximum Gasteiger partial charge on any atom is 0.256 e. The first-order valence-corrected chi connectivity index (χ1v) is 8.25. The van der Waals surface area contributed by atoms with Gasteiger partial charge in [0.1, 0.15) is 18.0 Å². The van der Waals surface area contributed by atoms with Crippen LogP contribution in [0.5, 0.6) is 5.75 Å². The lowest BCUT2D eigenvalue weighted by Crippen LogP contribution is -2.44. The Labute approximate surface area is 142 Å². The lowest BCUT2D eigenvalue weighted by molar-refractivity contribution is -0.141. The number of carbonyl (C=O) groups excluding carboxylic acids is 1. The van der Waals surface area contributed by atoms with Crippen molar-refractivity contribution in [2.45, 2.75) is 32.3 Å². The molecule has 1 aliphatic rings.